The van der Waals surface area contributed by atoms with Crippen molar-refractivity contribution < 1.29 is 14.3 Å². The molecule has 0 N–H and O–H groups in total. The molecule has 2 aromatic rings. The van der Waals surface area contributed by atoms with E-state index in [0.717, 1.165) is 42.0 Å². The number of piperidine rings is 1. The number of amides is 1. The average molecular weight is 397 g/mol. The number of hydrogen-bond acceptors (Lipinski definition) is 3. The summed E-state index contributed by atoms with van der Waals surface area (Å²) in [5, 5.41) is 0. The molecule has 0 saturated carbocycles. The van der Waals surface area contributed by atoms with Crippen molar-refractivity contribution in [3.05, 3.63) is 52.8 Å². The Balaban J connectivity index is 1.58. The summed E-state index contributed by atoms with van der Waals surface area (Å²) in [5.41, 5.74) is 5.31. The second kappa shape index (κ2) is 8.33. The number of carbonyl (C=O) groups excluding carboxylic acids is 1. The molecule has 1 unspecified atom stereocenters. The highest BCUT2D eigenvalue weighted by Gasteiger charge is 2.34. The fraction of sp³-hybridized carbons (Fsp3) is 0.542. The van der Waals surface area contributed by atoms with Crippen molar-refractivity contribution in [2.24, 2.45) is 5.92 Å². The Labute approximate surface area is 173 Å². The van der Waals surface area contributed by atoms with Crippen molar-refractivity contribution in [1.82, 2.24) is 9.47 Å². The van der Waals surface area contributed by atoms with Crippen LogP contribution in [0.2, 0.25) is 0 Å². The maximum atomic E-state index is 13.4. The van der Waals surface area contributed by atoms with Crippen molar-refractivity contribution >= 4 is 5.91 Å². The third-order valence-electron chi connectivity index (χ3n) is 6.23. The van der Waals surface area contributed by atoms with E-state index in [9.17, 15) is 4.79 Å². The van der Waals surface area contributed by atoms with Gasteiger partial charge in [-0.15, -0.1) is 0 Å². The molecule has 2 saturated heterocycles. The molecule has 5 heteroatoms. The zero-order chi connectivity index (χ0) is 20.5. The number of hydrogen-bond donors (Lipinski definition) is 0. The lowest BCUT2D eigenvalue weighted by atomic mass is 9.96. The molecule has 0 radical (unpaired) electrons. The lowest BCUT2D eigenvalue weighted by Crippen LogP contribution is -2.44. The zero-order valence-corrected chi connectivity index (χ0v) is 18.0. The molecule has 1 amide bonds. The highest BCUT2D eigenvalue weighted by molar-refractivity contribution is 5.96. The summed E-state index contributed by atoms with van der Waals surface area (Å²) in [6.07, 6.45) is 1.89. The lowest BCUT2D eigenvalue weighted by Gasteiger charge is -2.34. The van der Waals surface area contributed by atoms with Gasteiger partial charge in [0, 0.05) is 36.1 Å². The van der Waals surface area contributed by atoms with Gasteiger partial charge in [-0.3, -0.25) is 4.79 Å². The summed E-state index contributed by atoms with van der Waals surface area (Å²) in [4.78, 5) is 15.4. The van der Waals surface area contributed by atoms with Gasteiger partial charge in [0.2, 0.25) is 0 Å². The van der Waals surface area contributed by atoms with E-state index in [4.69, 9.17) is 9.47 Å². The van der Waals surface area contributed by atoms with Crippen LogP contribution in [0.15, 0.2) is 30.3 Å². The van der Waals surface area contributed by atoms with E-state index in [1.807, 2.05) is 17.9 Å². The lowest BCUT2D eigenvalue weighted by molar-refractivity contribution is -0.0969. The molecular weight excluding hydrogens is 364 g/mol. The SMILES string of the molecule is Cc1cc(C(=O)N2CCCC(C3OCCO3)C2)c(C)n1-c1cccc(C(C)C)c1. The van der Waals surface area contributed by atoms with Crippen LogP contribution in [-0.4, -0.2) is 48.0 Å². The number of carbonyl (C=O) groups is 1. The summed E-state index contributed by atoms with van der Waals surface area (Å²) in [7, 11) is 0. The molecule has 156 valence electrons. The second-order valence-corrected chi connectivity index (χ2v) is 8.63. The fourth-order valence-corrected chi connectivity index (χ4v) is 4.64. The minimum Gasteiger partial charge on any atom is -0.350 e. The minimum atomic E-state index is -0.156. The van der Waals surface area contributed by atoms with Crippen LogP contribution in [0.1, 0.15) is 59.9 Å². The standard InChI is InChI=1S/C24H32N2O3/c1-16(2)19-7-5-9-21(14-19)26-17(3)13-22(18(26)4)23(27)25-10-6-8-20(15-25)24-28-11-12-29-24/h5,7,9,13-14,16,20,24H,6,8,10-12,15H2,1-4H3. The first-order chi connectivity index (χ1) is 14.0. The van der Waals surface area contributed by atoms with Gasteiger partial charge in [-0.2, -0.15) is 0 Å². The predicted molar refractivity (Wildman–Crippen MR) is 114 cm³/mol. The Morgan fingerprint density at radius 1 is 1.14 bits per heavy atom. The van der Waals surface area contributed by atoms with E-state index in [0.29, 0.717) is 25.7 Å². The third kappa shape index (κ3) is 3.99. The van der Waals surface area contributed by atoms with Gasteiger partial charge in [0.05, 0.1) is 18.8 Å². The summed E-state index contributed by atoms with van der Waals surface area (Å²) >= 11 is 0. The largest absolute Gasteiger partial charge is 0.350 e. The molecule has 1 atom stereocenters. The molecule has 2 fully saturated rings. The van der Waals surface area contributed by atoms with Gasteiger partial charge >= 0.3 is 0 Å². The van der Waals surface area contributed by atoms with Crippen molar-refractivity contribution in [2.45, 2.75) is 52.7 Å². The maximum absolute atomic E-state index is 13.4. The fourth-order valence-electron chi connectivity index (χ4n) is 4.64. The van der Waals surface area contributed by atoms with Crippen LogP contribution in [-0.2, 0) is 9.47 Å². The Morgan fingerprint density at radius 3 is 2.62 bits per heavy atom. The topological polar surface area (TPSA) is 43.7 Å². The van der Waals surface area contributed by atoms with Crippen LogP contribution in [0.4, 0.5) is 0 Å². The first-order valence-corrected chi connectivity index (χ1v) is 10.8. The number of aromatic nitrogens is 1. The Bertz CT molecular complexity index is 880. The minimum absolute atomic E-state index is 0.118. The smallest absolute Gasteiger partial charge is 0.255 e. The Morgan fingerprint density at radius 2 is 1.90 bits per heavy atom. The Hall–Kier alpha value is -2.11. The van der Waals surface area contributed by atoms with Gasteiger partial charge in [-0.25, -0.2) is 0 Å². The summed E-state index contributed by atoms with van der Waals surface area (Å²) in [6, 6.07) is 10.6. The van der Waals surface area contributed by atoms with E-state index in [1.54, 1.807) is 0 Å². The van der Waals surface area contributed by atoms with Crippen molar-refractivity contribution in [3.63, 3.8) is 0 Å². The van der Waals surface area contributed by atoms with Crippen molar-refractivity contribution in [1.29, 1.82) is 0 Å². The second-order valence-electron chi connectivity index (χ2n) is 8.63. The van der Waals surface area contributed by atoms with Crippen LogP contribution < -0.4 is 0 Å². The quantitative estimate of drug-likeness (QED) is 0.767. The molecule has 2 aliphatic rings. The van der Waals surface area contributed by atoms with E-state index in [1.165, 1.54) is 5.56 Å². The number of likely N-dealkylation sites (tertiary alicyclic amines) is 1. The highest BCUT2D eigenvalue weighted by atomic mass is 16.7. The molecule has 2 aliphatic heterocycles. The first kappa shape index (κ1) is 20.2. The average Bonchev–Trinajstić information content (AvgIpc) is 3.36. The molecule has 1 aromatic carbocycles. The predicted octanol–water partition coefficient (Wildman–Crippen LogP) is 4.44. The van der Waals surface area contributed by atoms with E-state index in [-0.39, 0.29) is 18.1 Å². The molecular formula is C24H32N2O3. The molecule has 5 nitrogen and oxygen atoms in total. The Kier molecular flexibility index (Phi) is 5.79. The summed E-state index contributed by atoms with van der Waals surface area (Å²) in [5.74, 6) is 0.853. The number of ether oxygens (including phenoxy) is 2. The van der Waals surface area contributed by atoms with Crippen molar-refractivity contribution in [2.75, 3.05) is 26.3 Å². The molecule has 0 aliphatic carbocycles. The van der Waals surface area contributed by atoms with Gasteiger partial charge in [0.15, 0.2) is 6.29 Å². The van der Waals surface area contributed by atoms with E-state index in [2.05, 4.69) is 49.6 Å². The molecule has 3 heterocycles. The van der Waals surface area contributed by atoms with Gasteiger partial charge < -0.3 is 18.9 Å². The molecule has 4 rings (SSSR count). The summed E-state index contributed by atoms with van der Waals surface area (Å²) < 4.78 is 13.6. The maximum Gasteiger partial charge on any atom is 0.255 e. The van der Waals surface area contributed by atoms with Crippen LogP contribution >= 0.6 is 0 Å². The monoisotopic (exact) mass is 396 g/mol. The highest BCUT2D eigenvalue weighted by Crippen LogP contribution is 2.28. The summed E-state index contributed by atoms with van der Waals surface area (Å²) in [6.45, 7) is 11.3. The van der Waals surface area contributed by atoms with Crippen LogP contribution in [0.5, 0.6) is 0 Å². The van der Waals surface area contributed by atoms with Gasteiger partial charge in [-0.1, -0.05) is 26.0 Å². The third-order valence-corrected chi connectivity index (χ3v) is 6.23. The molecule has 29 heavy (non-hydrogen) atoms. The molecule has 1 aromatic heterocycles. The van der Waals surface area contributed by atoms with Gasteiger partial charge in [-0.05, 0) is 56.4 Å². The van der Waals surface area contributed by atoms with E-state index < -0.39 is 0 Å². The number of benzene rings is 1. The van der Waals surface area contributed by atoms with Gasteiger partial charge in [0.1, 0.15) is 0 Å². The first-order valence-electron chi connectivity index (χ1n) is 10.8. The van der Waals surface area contributed by atoms with Crippen molar-refractivity contribution in [3.8, 4) is 5.69 Å². The van der Waals surface area contributed by atoms with Crippen LogP contribution in [0.25, 0.3) is 5.69 Å². The van der Waals surface area contributed by atoms with E-state index >= 15 is 0 Å². The van der Waals surface area contributed by atoms with Crippen LogP contribution in [0.3, 0.4) is 0 Å². The number of rotatable bonds is 4. The number of nitrogens with zero attached hydrogens (tertiary/aromatic N) is 2. The zero-order valence-electron chi connectivity index (χ0n) is 18.0. The van der Waals surface area contributed by atoms with Crippen LogP contribution in [0, 0.1) is 19.8 Å². The number of aryl methyl sites for hydroxylation is 1. The molecule has 0 spiro atoms. The van der Waals surface area contributed by atoms with Gasteiger partial charge in [0.25, 0.3) is 5.91 Å². The normalized spacial score (nSPS) is 20.6. The molecule has 0 bridgehead atoms.